The van der Waals surface area contributed by atoms with E-state index in [0.29, 0.717) is 25.1 Å². The van der Waals surface area contributed by atoms with Crippen molar-refractivity contribution in [3.63, 3.8) is 0 Å². The molecule has 1 aromatic carbocycles. The number of amides is 1. The minimum Gasteiger partial charge on any atom is -0.338 e. The second-order valence-electron chi connectivity index (χ2n) is 5.24. The Kier molecular flexibility index (Phi) is 3.68. The van der Waals surface area contributed by atoms with Crippen molar-refractivity contribution in [1.82, 2.24) is 9.88 Å². The van der Waals surface area contributed by atoms with Gasteiger partial charge in [0, 0.05) is 13.1 Å². The highest BCUT2D eigenvalue weighted by atomic mass is 32.2. The van der Waals surface area contributed by atoms with Gasteiger partial charge in [-0.3, -0.25) is 4.79 Å². The third-order valence-electron chi connectivity index (χ3n) is 3.63. The van der Waals surface area contributed by atoms with Crippen LogP contribution < -0.4 is 5.14 Å². The SMILES string of the molecule is NS(=O)(=O)CC1CCN(C(=O)c2cccc3ncsc23)C1. The summed E-state index contributed by atoms with van der Waals surface area (Å²) in [6.45, 7) is 0.999. The van der Waals surface area contributed by atoms with Crippen LogP contribution in [0.5, 0.6) is 0 Å². The summed E-state index contributed by atoms with van der Waals surface area (Å²) in [4.78, 5) is 18.5. The monoisotopic (exact) mass is 325 g/mol. The van der Waals surface area contributed by atoms with E-state index in [1.807, 2.05) is 12.1 Å². The molecule has 2 heterocycles. The number of likely N-dealkylation sites (tertiary alicyclic amines) is 1. The van der Waals surface area contributed by atoms with Crippen LogP contribution in [0.25, 0.3) is 10.2 Å². The Bertz CT molecular complexity index is 785. The Balaban J connectivity index is 1.79. The van der Waals surface area contributed by atoms with Crippen LogP contribution in [0.3, 0.4) is 0 Å². The molecule has 1 aliphatic heterocycles. The van der Waals surface area contributed by atoms with Gasteiger partial charge < -0.3 is 4.90 Å². The van der Waals surface area contributed by atoms with Gasteiger partial charge in [0.1, 0.15) is 0 Å². The average molecular weight is 325 g/mol. The number of fused-ring (bicyclic) bond motifs is 1. The first kappa shape index (κ1) is 14.4. The van der Waals surface area contributed by atoms with Crippen molar-refractivity contribution in [3.8, 4) is 0 Å². The molecule has 112 valence electrons. The van der Waals surface area contributed by atoms with Crippen LogP contribution in [-0.4, -0.2) is 43.1 Å². The molecular weight excluding hydrogens is 310 g/mol. The fraction of sp³-hybridized carbons (Fsp3) is 0.385. The van der Waals surface area contributed by atoms with Crippen molar-refractivity contribution in [2.45, 2.75) is 6.42 Å². The minimum atomic E-state index is -3.49. The normalized spacial score (nSPS) is 19.3. The first-order chi connectivity index (χ1) is 9.94. The van der Waals surface area contributed by atoms with Crippen molar-refractivity contribution < 1.29 is 13.2 Å². The molecule has 6 nitrogen and oxygen atoms in total. The first-order valence-corrected chi connectivity index (χ1v) is 9.15. The summed E-state index contributed by atoms with van der Waals surface area (Å²) in [5.74, 6) is -0.215. The molecule has 3 rings (SSSR count). The number of primary sulfonamides is 1. The Morgan fingerprint density at radius 1 is 1.48 bits per heavy atom. The van der Waals surface area contributed by atoms with Crippen molar-refractivity contribution in [3.05, 3.63) is 29.3 Å². The molecule has 0 bridgehead atoms. The van der Waals surface area contributed by atoms with Gasteiger partial charge in [-0.25, -0.2) is 18.5 Å². The smallest absolute Gasteiger partial charge is 0.255 e. The van der Waals surface area contributed by atoms with Crippen molar-refractivity contribution in [2.24, 2.45) is 11.1 Å². The fourth-order valence-electron chi connectivity index (χ4n) is 2.71. The number of thiazole rings is 1. The molecule has 1 amide bonds. The quantitative estimate of drug-likeness (QED) is 0.912. The molecule has 0 radical (unpaired) electrons. The van der Waals surface area contributed by atoms with E-state index in [9.17, 15) is 13.2 Å². The number of carbonyl (C=O) groups is 1. The summed E-state index contributed by atoms with van der Waals surface area (Å²) in [6.07, 6.45) is 0.667. The second-order valence-corrected chi connectivity index (χ2v) is 7.76. The van der Waals surface area contributed by atoms with E-state index in [-0.39, 0.29) is 17.6 Å². The maximum absolute atomic E-state index is 12.6. The molecule has 2 aromatic rings. The summed E-state index contributed by atoms with van der Waals surface area (Å²) >= 11 is 1.44. The van der Waals surface area contributed by atoms with Crippen LogP contribution in [0.2, 0.25) is 0 Å². The maximum Gasteiger partial charge on any atom is 0.255 e. The molecule has 8 heteroatoms. The van der Waals surface area contributed by atoms with E-state index >= 15 is 0 Å². The number of hydrogen-bond donors (Lipinski definition) is 1. The predicted molar refractivity (Wildman–Crippen MR) is 81.6 cm³/mol. The van der Waals surface area contributed by atoms with Crippen LogP contribution in [0.4, 0.5) is 0 Å². The predicted octanol–water partition coefficient (Wildman–Crippen LogP) is 1.05. The van der Waals surface area contributed by atoms with Gasteiger partial charge in [0.2, 0.25) is 10.0 Å². The van der Waals surface area contributed by atoms with E-state index in [1.54, 1.807) is 16.5 Å². The number of hydrogen-bond acceptors (Lipinski definition) is 5. The zero-order valence-corrected chi connectivity index (χ0v) is 12.9. The standard InChI is InChI=1S/C13H15N3O3S2/c14-21(18,19)7-9-4-5-16(6-9)13(17)10-2-1-3-11-12(10)20-8-15-11/h1-3,8-9H,4-7H2,(H2,14,18,19). The fourth-order valence-corrected chi connectivity index (χ4v) is 4.43. The molecule has 1 saturated heterocycles. The summed E-state index contributed by atoms with van der Waals surface area (Å²) in [7, 11) is -3.49. The van der Waals surface area contributed by atoms with Crippen LogP contribution in [0.1, 0.15) is 16.8 Å². The lowest BCUT2D eigenvalue weighted by Crippen LogP contribution is -2.30. The highest BCUT2D eigenvalue weighted by Gasteiger charge is 2.30. The second kappa shape index (κ2) is 5.36. The lowest BCUT2D eigenvalue weighted by atomic mass is 10.1. The molecule has 0 saturated carbocycles. The minimum absolute atomic E-state index is 0.0678. The molecule has 0 spiro atoms. The Labute approximate surface area is 126 Å². The van der Waals surface area contributed by atoms with Crippen LogP contribution in [-0.2, 0) is 10.0 Å². The summed E-state index contributed by atoms with van der Waals surface area (Å²) in [5.41, 5.74) is 3.16. The summed E-state index contributed by atoms with van der Waals surface area (Å²) in [6, 6.07) is 5.47. The van der Waals surface area contributed by atoms with Gasteiger partial charge in [0.05, 0.1) is 27.0 Å². The van der Waals surface area contributed by atoms with Gasteiger partial charge in [-0.05, 0) is 24.5 Å². The van der Waals surface area contributed by atoms with Gasteiger partial charge in [-0.15, -0.1) is 11.3 Å². The third-order valence-corrected chi connectivity index (χ3v) is 5.44. The zero-order valence-electron chi connectivity index (χ0n) is 11.2. The maximum atomic E-state index is 12.6. The number of nitrogens with zero attached hydrogens (tertiary/aromatic N) is 2. The first-order valence-electron chi connectivity index (χ1n) is 6.56. The molecular formula is C13H15N3O3S2. The van der Waals surface area contributed by atoms with Gasteiger partial charge in [0.25, 0.3) is 5.91 Å². The Hall–Kier alpha value is -1.51. The molecule has 2 N–H and O–H groups in total. The van der Waals surface area contributed by atoms with Gasteiger partial charge >= 0.3 is 0 Å². The van der Waals surface area contributed by atoms with Gasteiger partial charge in [-0.2, -0.15) is 0 Å². The number of rotatable bonds is 3. The van der Waals surface area contributed by atoms with E-state index in [2.05, 4.69) is 4.98 Å². The molecule has 21 heavy (non-hydrogen) atoms. The van der Waals surface area contributed by atoms with Crippen molar-refractivity contribution in [2.75, 3.05) is 18.8 Å². The van der Waals surface area contributed by atoms with E-state index in [0.717, 1.165) is 10.2 Å². The van der Waals surface area contributed by atoms with Gasteiger partial charge in [-0.1, -0.05) is 6.07 Å². The van der Waals surface area contributed by atoms with Gasteiger partial charge in [0.15, 0.2) is 0 Å². The van der Waals surface area contributed by atoms with E-state index in [4.69, 9.17) is 5.14 Å². The number of benzene rings is 1. The van der Waals surface area contributed by atoms with Crippen LogP contribution >= 0.6 is 11.3 Å². The third kappa shape index (κ3) is 3.07. The lowest BCUT2D eigenvalue weighted by molar-refractivity contribution is 0.0790. The van der Waals surface area contributed by atoms with E-state index < -0.39 is 10.0 Å². The Morgan fingerprint density at radius 3 is 3.05 bits per heavy atom. The lowest BCUT2D eigenvalue weighted by Gasteiger charge is -2.16. The van der Waals surface area contributed by atoms with E-state index in [1.165, 1.54) is 11.3 Å². The molecule has 1 unspecified atom stereocenters. The molecule has 1 aromatic heterocycles. The Morgan fingerprint density at radius 2 is 2.29 bits per heavy atom. The molecule has 1 fully saturated rings. The average Bonchev–Trinajstić information content (AvgIpc) is 3.03. The number of sulfonamides is 1. The summed E-state index contributed by atoms with van der Waals surface area (Å²) < 4.78 is 23.2. The topological polar surface area (TPSA) is 93.4 Å². The largest absolute Gasteiger partial charge is 0.338 e. The number of aromatic nitrogens is 1. The summed E-state index contributed by atoms with van der Waals surface area (Å²) in [5, 5.41) is 5.07. The van der Waals surface area contributed by atoms with Crippen molar-refractivity contribution >= 4 is 37.5 Å². The number of nitrogens with two attached hydrogens (primary N) is 1. The number of carbonyl (C=O) groups excluding carboxylic acids is 1. The molecule has 1 atom stereocenters. The highest BCUT2D eigenvalue weighted by molar-refractivity contribution is 7.89. The highest BCUT2D eigenvalue weighted by Crippen LogP contribution is 2.26. The molecule has 0 aliphatic carbocycles. The zero-order chi connectivity index (χ0) is 15.0. The molecule has 1 aliphatic rings. The van der Waals surface area contributed by atoms with Crippen molar-refractivity contribution in [1.29, 1.82) is 0 Å². The van der Waals surface area contributed by atoms with Crippen LogP contribution in [0, 0.1) is 5.92 Å². The van der Waals surface area contributed by atoms with Crippen LogP contribution in [0.15, 0.2) is 23.7 Å².